The Hall–Kier alpha value is -1.24. The maximum absolute atomic E-state index is 12.2. The number of carbonyl (C=O) groups excluding carboxylic acids is 1. The normalized spacial score (nSPS) is 17.5. The number of pyridine rings is 1. The van der Waals surface area contributed by atoms with Crippen LogP contribution in [0.2, 0.25) is 0 Å². The van der Waals surface area contributed by atoms with Crippen molar-refractivity contribution in [3.63, 3.8) is 0 Å². The predicted octanol–water partition coefficient (Wildman–Crippen LogP) is 2.32. The fourth-order valence-electron chi connectivity index (χ4n) is 1.67. The number of hydrogen-bond donors (Lipinski definition) is 0. The van der Waals surface area contributed by atoms with Gasteiger partial charge in [-0.2, -0.15) is 0 Å². The summed E-state index contributed by atoms with van der Waals surface area (Å²) < 4.78 is 5.59. The zero-order chi connectivity index (χ0) is 13.7. The summed E-state index contributed by atoms with van der Waals surface area (Å²) in [7, 11) is 1.65. The molecule has 1 amide bonds. The number of thioether (sulfide) groups is 1. The van der Waals surface area contributed by atoms with Crippen molar-refractivity contribution in [2.45, 2.75) is 6.42 Å². The van der Waals surface area contributed by atoms with Crippen molar-refractivity contribution in [3.8, 4) is 0 Å². The largest absolute Gasteiger partial charge is 0.385 e. The topological polar surface area (TPSA) is 42.4 Å². The highest BCUT2D eigenvalue weighted by Crippen LogP contribution is 2.32. The Kier molecular flexibility index (Phi) is 5.07. The molecule has 0 spiro atoms. The molecule has 6 heteroatoms. The molecule has 100 valence electrons. The van der Waals surface area contributed by atoms with Crippen molar-refractivity contribution >= 4 is 40.3 Å². The lowest BCUT2D eigenvalue weighted by atomic mass is 10.2. The van der Waals surface area contributed by atoms with Crippen molar-refractivity contribution in [2.75, 3.05) is 20.3 Å². The van der Waals surface area contributed by atoms with Crippen LogP contribution in [0.4, 0.5) is 0 Å². The molecule has 1 aliphatic rings. The lowest BCUT2D eigenvalue weighted by Gasteiger charge is -2.13. The second kappa shape index (κ2) is 6.79. The van der Waals surface area contributed by atoms with E-state index in [0.717, 1.165) is 12.0 Å². The third-order valence-corrected chi connectivity index (χ3v) is 3.96. The molecule has 0 saturated carbocycles. The van der Waals surface area contributed by atoms with Crippen LogP contribution < -0.4 is 0 Å². The maximum Gasteiger partial charge on any atom is 0.266 e. The first-order chi connectivity index (χ1) is 9.22. The van der Waals surface area contributed by atoms with Gasteiger partial charge in [0.2, 0.25) is 0 Å². The molecule has 1 aromatic rings. The number of carbonyl (C=O) groups is 1. The third kappa shape index (κ3) is 3.62. The van der Waals surface area contributed by atoms with Gasteiger partial charge in [0.15, 0.2) is 0 Å². The summed E-state index contributed by atoms with van der Waals surface area (Å²) in [6.45, 7) is 1.22. The van der Waals surface area contributed by atoms with E-state index in [0.29, 0.717) is 22.4 Å². The number of amides is 1. The van der Waals surface area contributed by atoms with Gasteiger partial charge in [-0.1, -0.05) is 30.0 Å². The van der Waals surface area contributed by atoms with Crippen molar-refractivity contribution < 1.29 is 9.53 Å². The van der Waals surface area contributed by atoms with E-state index in [1.54, 1.807) is 24.4 Å². The molecule has 4 nitrogen and oxygen atoms in total. The van der Waals surface area contributed by atoms with Crippen LogP contribution in [0.3, 0.4) is 0 Å². The average Bonchev–Trinajstić information content (AvgIpc) is 2.68. The van der Waals surface area contributed by atoms with E-state index in [-0.39, 0.29) is 5.91 Å². The monoisotopic (exact) mass is 294 g/mol. The number of hydrogen-bond acceptors (Lipinski definition) is 5. The van der Waals surface area contributed by atoms with Crippen LogP contribution in [-0.4, -0.2) is 40.4 Å². The fraction of sp³-hybridized carbons (Fsp3) is 0.308. The van der Waals surface area contributed by atoms with Crippen LogP contribution in [0, 0.1) is 0 Å². The van der Waals surface area contributed by atoms with E-state index < -0.39 is 0 Å². The molecule has 0 aliphatic carbocycles. The van der Waals surface area contributed by atoms with Gasteiger partial charge in [0.1, 0.15) is 4.32 Å². The number of nitrogens with zero attached hydrogens (tertiary/aromatic N) is 2. The molecule has 0 bridgehead atoms. The lowest BCUT2D eigenvalue weighted by molar-refractivity contribution is -0.122. The van der Waals surface area contributed by atoms with E-state index in [1.165, 1.54) is 11.8 Å². The van der Waals surface area contributed by atoms with Crippen molar-refractivity contribution in [1.82, 2.24) is 9.88 Å². The third-order valence-electron chi connectivity index (χ3n) is 2.59. The van der Waals surface area contributed by atoms with Crippen molar-refractivity contribution in [2.24, 2.45) is 0 Å². The highest BCUT2D eigenvalue weighted by atomic mass is 32.2. The van der Waals surface area contributed by atoms with Gasteiger partial charge in [-0.25, -0.2) is 0 Å². The molecule has 2 rings (SSSR count). The van der Waals surface area contributed by atoms with E-state index in [1.807, 2.05) is 18.2 Å². The van der Waals surface area contributed by atoms with Gasteiger partial charge in [-0.05, 0) is 24.1 Å². The van der Waals surface area contributed by atoms with Crippen LogP contribution in [0.1, 0.15) is 12.0 Å². The minimum Gasteiger partial charge on any atom is -0.385 e. The molecule has 0 unspecified atom stereocenters. The SMILES string of the molecule is COCCCN1C(=O)C(=Cc2cccnc2)SC1=S. The Labute approximate surface area is 121 Å². The van der Waals surface area contributed by atoms with Gasteiger partial charge in [-0.3, -0.25) is 14.7 Å². The molecule has 0 N–H and O–H groups in total. The first-order valence-corrected chi connectivity index (χ1v) is 7.09. The summed E-state index contributed by atoms with van der Waals surface area (Å²) in [6.07, 6.45) is 6.02. The number of ether oxygens (including phenoxy) is 1. The summed E-state index contributed by atoms with van der Waals surface area (Å²) in [6, 6.07) is 3.75. The van der Waals surface area contributed by atoms with Gasteiger partial charge in [0.25, 0.3) is 5.91 Å². The van der Waals surface area contributed by atoms with E-state index in [9.17, 15) is 4.79 Å². The van der Waals surface area contributed by atoms with E-state index in [2.05, 4.69) is 4.98 Å². The zero-order valence-electron chi connectivity index (χ0n) is 10.5. The molecule has 1 aliphatic heterocycles. The smallest absolute Gasteiger partial charge is 0.266 e. The van der Waals surface area contributed by atoms with Crippen LogP contribution >= 0.6 is 24.0 Å². The molecular formula is C13H14N2O2S2. The molecule has 1 fully saturated rings. The van der Waals surface area contributed by atoms with Gasteiger partial charge in [-0.15, -0.1) is 0 Å². The van der Waals surface area contributed by atoms with Gasteiger partial charge in [0, 0.05) is 32.7 Å². The first-order valence-electron chi connectivity index (χ1n) is 5.86. The molecule has 0 aromatic carbocycles. The van der Waals surface area contributed by atoms with Crippen LogP contribution in [0.15, 0.2) is 29.4 Å². The quantitative estimate of drug-likeness (QED) is 0.474. The summed E-state index contributed by atoms with van der Waals surface area (Å²) in [5.41, 5.74) is 0.903. The molecule has 1 saturated heterocycles. The lowest BCUT2D eigenvalue weighted by Crippen LogP contribution is -2.29. The van der Waals surface area contributed by atoms with Gasteiger partial charge < -0.3 is 4.74 Å². The Balaban J connectivity index is 2.07. The van der Waals surface area contributed by atoms with Crippen LogP contribution in [0.5, 0.6) is 0 Å². The summed E-state index contributed by atoms with van der Waals surface area (Å²) >= 11 is 6.57. The summed E-state index contributed by atoms with van der Waals surface area (Å²) in [5, 5.41) is 0. The molecular weight excluding hydrogens is 280 g/mol. The predicted molar refractivity (Wildman–Crippen MR) is 80.6 cm³/mol. The molecule has 0 radical (unpaired) electrons. The second-order valence-electron chi connectivity index (χ2n) is 3.97. The van der Waals surface area contributed by atoms with Gasteiger partial charge in [0.05, 0.1) is 4.91 Å². The summed E-state index contributed by atoms with van der Waals surface area (Å²) in [4.78, 5) is 18.5. The van der Waals surface area contributed by atoms with E-state index in [4.69, 9.17) is 17.0 Å². The summed E-state index contributed by atoms with van der Waals surface area (Å²) in [5.74, 6) is -0.0324. The van der Waals surface area contributed by atoms with Crippen molar-refractivity contribution in [1.29, 1.82) is 0 Å². The van der Waals surface area contributed by atoms with Crippen LogP contribution in [0.25, 0.3) is 6.08 Å². The molecule has 1 aromatic heterocycles. The number of rotatable bonds is 5. The van der Waals surface area contributed by atoms with E-state index >= 15 is 0 Å². The fourth-order valence-corrected chi connectivity index (χ4v) is 2.98. The second-order valence-corrected chi connectivity index (χ2v) is 5.64. The zero-order valence-corrected chi connectivity index (χ0v) is 12.2. The Morgan fingerprint density at radius 3 is 3.11 bits per heavy atom. The number of aromatic nitrogens is 1. The highest BCUT2D eigenvalue weighted by molar-refractivity contribution is 8.26. The average molecular weight is 294 g/mol. The Bertz CT molecular complexity index is 503. The number of thiocarbonyl (C=S) groups is 1. The number of methoxy groups -OCH3 is 1. The molecule has 19 heavy (non-hydrogen) atoms. The Morgan fingerprint density at radius 1 is 1.58 bits per heavy atom. The maximum atomic E-state index is 12.2. The minimum absolute atomic E-state index is 0.0324. The van der Waals surface area contributed by atoms with Gasteiger partial charge >= 0.3 is 0 Å². The highest BCUT2D eigenvalue weighted by Gasteiger charge is 2.31. The van der Waals surface area contributed by atoms with Crippen molar-refractivity contribution in [3.05, 3.63) is 35.0 Å². The standard InChI is InChI=1S/C13H14N2O2S2/c1-17-7-3-6-15-12(16)11(19-13(15)18)8-10-4-2-5-14-9-10/h2,4-5,8-9H,3,6-7H2,1H3. The molecule has 0 atom stereocenters. The first kappa shape index (κ1) is 14.2. The Morgan fingerprint density at radius 2 is 2.42 bits per heavy atom. The van der Waals surface area contributed by atoms with Crippen LogP contribution in [-0.2, 0) is 9.53 Å². The molecule has 2 heterocycles. The minimum atomic E-state index is -0.0324.